The number of hydrogen-bond donors (Lipinski definition) is 1. The molecule has 0 saturated carbocycles. The zero-order valence-corrected chi connectivity index (χ0v) is 14.0. The van der Waals surface area contributed by atoms with Crippen molar-refractivity contribution < 1.29 is 14.1 Å². The number of rotatable bonds is 5. The molecule has 1 saturated heterocycles. The highest BCUT2D eigenvalue weighted by molar-refractivity contribution is 5.95. The molecule has 0 aromatic heterocycles. The zero-order chi connectivity index (χ0) is 16.4. The number of fused-ring (bicyclic) bond motifs is 2. The highest BCUT2D eigenvalue weighted by atomic mass is 19.1. The highest BCUT2D eigenvalue weighted by Gasteiger charge is 2.39. The summed E-state index contributed by atoms with van der Waals surface area (Å²) in [6, 6.07) is 7.07. The molecular formula is C19H26FN2O+. The largest absolute Gasteiger partial charge is 0.329 e. The van der Waals surface area contributed by atoms with Gasteiger partial charge in [-0.15, -0.1) is 0 Å². The average molecular weight is 317 g/mol. The van der Waals surface area contributed by atoms with Gasteiger partial charge in [-0.25, -0.2) is 4.39 Å². The fourth-order valence-corrected chi connectivity index (χ4v) is 3.81. The lowest BCUT2D eigenvalue weighted by Gasteiger charge is -2.33. The first-order chi connectivity index (χ1) is 11.1. The molecule has 2 heterocycles. The Hall–Kier alpha value is -1.68. The first kappa shape index (κ1) is 16.2. The average Bonchev–Trinajstić information content (AvgIpc) is 2.76. The molecule has 2 aliphatic rings. The van der Waals surface area contributed by atoms with E-state index in [0.717, 1.165) is 25.8 Å². The van der Waals surface area contributed by atoms with Crippen LogP contribution < -0.4 is 4.90 Å². The number of carbonyl (C=O) groups excluding carboxylic acids is 1. The third-order valence-corrected chi connectivity index (χ3v) is 5.32. The van der Waals surface area contributed by atoms with Gasteiger partial charge < -0.3 is 9.80 Å². The van der Waals surface area contributed by atoms with E-state index in [1.54, 1.807) is 17.0 Å². The van der Waals surface area contributed by atoms with Gasteiger partial charge in [-0.05, 0) is 36.8 Å². The lowest BCUT2D eigenvalue weighted by molar-refractivity contribution is -0.912. The van der Waals surface area contributed by atoms with E-state index in [1.165, 1.54) is 30.7 Å². The van der Waals surface area contributed by atoms with Crippen molar-refractivity contribution >= 4 is 5.91 Å². The molecule has 0 aliphatic carbocycles. The summed E-state index contributed by atoms with van der Waals surface area (Å²) in [4.78, 5) is 16.5. The Balaban J connectivity index is 1.84. The van der Waals surface area contributed by atoms with E-state index in [2.05, 4.69) is 20.0 Å². The van der Waals surface area contributed by atoms with Gasteiger partial charge >= 0.3 is 0 Å². The van der Waals surface area contributed by atoms with E-state index in [4.69, 9.17) is 0 Å². The van der Waals surface area contributed by atoms with E-state index in [0.29, 0.717) is 17.6 Å². The second-order valence-electron chi connectivity index (χ2n) is 6.80. The number of nitrogens with zero attached hydrogens (tertiary/aromatic N) is 1. The van der Waals surface area contributed by atoms with Crippen LogP contribution in [0, 0.1) is 5.82 Å². The number of unbranched alkanes of at least 4 members (excludes halogenated alkanes) is 1. The summed E-state index contributed by atoms with van der Waals surface area (Å²) in [6.07, 6.45) is 7.77. The van der Waals surface area contributed by atoms with E-state index in [9.17, 15) is 9.18 Å². The maximum atomic E-state index is 13.1. The van der Waals surface area contributed by atoms with Crippen LogP contribution in [0.3, 0.4) is 0 Å². The van der Waals surface area contributed by atoms with Crippen LogP contribution in [0.4, 0.5) is 4.39 Å². The summed E-state index contributed by atoms with van der Waals surface area (Å²) >= 11 is 0. The Bertz CT molecular complexity index is 596. The molecule has 1 aromatic rings. The topological polar surface area (TPSA) is 24.8 Å². The zero-order valence-electron chi connectivity index (χ0n) is 14.0. The number of carbonyl (C=O) groups is 1. The van der Waals surface area contributed by atoms with Gasteiger partial charge in [0.25, 0.3) is 5.91 Å². The minimum atomic E-state index is -0.304. The summed E-state index contributed by atoms with van der Waals surface area (Å²) in [6.45, 7) is 2.88. The number of quaternary nitrogens is 1. The minimum Gasteiger partial charge on any atom is -0.329 e. The quantitative estimate of drug-likeness (QED) is 0.886. The molecule has 3 atom stereocenters. The van der Waals surface area contributed by atoms with Crippen LogP contribution >= 0.6 is 0 Å². The van der Waals surface area contributed by atoms with Crippen LogP contribution in [0.15, 0.2) is 36.0 Å². The van der Waals surface area contributed by atoms with Crippen LogP contribution in [0.2, 0.25) is 0 Å². The maximum absolute atomic E-state index is 13.1. The number of benzene rings is 1. The molecule has 4 heteroatoms. The van der Waals surface area contributed by atoms with Crippen LogP contribution in [0.25, 0.3) is 0 Å². The predicted octanol–water partition coefficient (Wildman–Crippen LogP) is 2.40. The Morgan fingerprint density at radius 1 is 1.30 bits per heavy atom. The maximum Gasteiger partial charge on any atom is 0.258 e. The molecule has 3 nitrogen and oxygen atoms in total. The van der Waals surface area contributed by atoms with Crippen LogP contribution in [0.5, 0.6) is 0 Å². The Morgan fingerprint density at radius 2 is 2.04 bits per heavy atom. The lowest BCUT2D eigenvalue weighted by atomic mass is 10.0. The van der Waals surface area contributed by atoms with Gasteiger partial charge in [-0.1, -0.05) is 13.3 Å². The number of likely N-dealkylation sites (N-methyl/N-ethyl adjacent to an activating group) is 1. The number of amides is 1. The van der Waals surface area contributed by atoms with Crippen LogP contribution in [-0.4, -0.2) is 36.5 Å². The number of halogens is 1. The molecule has 1 fully saturated rings. The van der Waals surface area contributed by atoms with Gasteiger partial charge in [0.05, 0.1) is 13.1 Å². The molecule has 0 radical (unpaired) electrons. The molecule has 0 spiro atoms. The SMILES string of the molecule is CCCCN(C(=O)c1ccc(F)cc1)C1=C[C@H]2CC[C@H](C1)[NH+]2C. The first-order valence-electron chi connectivity index (χ1n) is 8.71. The van der Waals surface area contributed by atoms with E-state index in [1.807, 2.05) is 4.90 Å². The molecule has 1 N–H and O–H groups in total. The van der Waals surface area contributed by atoms with E-state index >= 15 is 0 Å². The van der Waals surface area contributed by atoms with Crippen LogP contribution in [0.1, 0.15) is 49.4 Å². The predicted molar refractivity (Wildman–Crippen MR) is 88.7 cm³/mol. The van der Waals surface area contributed by atoms with Gasteiger partial charge in [-0.2, -0.15) is 0 Å². The molecule has 1 unspecified atom stereocenters. The summed E-state index contributed by atoms with van der Waals surface area (Å²) in [5, 5.41) is 0. The van der Waals surface area contributed by atoms with Crippen molar-refractivity contribution in [3.8, 4) is 0 Å². The van der Waals surface area contributed by atoms with Gasteiger partial charge in [0.1, 0.15) is 11.9 Å². The van der Waals surface area contributed by atoms with Crippen molar-refractivity contribution in [1.29, 1.82) is 0 Å². The Labute approximate surface area is 137 Å². The summed E-state index contributed by atoms with van der Waals surface area (Å²) in [7, 11) is 2.26. The first-order valence-corrected chi connectivity index (χ1v) is 8.71. The molecular weight excluding hydrogens is 291 g/mol. The number of hydrogen-bond acceptors (Lipinski definition) is 1. The van der Waals surface area contributed by atoms with Crippen molar-refractivity contribution in [2.75, 3.05) is 13.6 Å². The standard InChI is InChI=1S/C19H25FN2O/c1-3-4-11-22(19(23)14-5-7-15(20)8-6-14)18-12-16-9-10-17(13-18)21(16)2/h5-8,12,16-17H,3-4,9-11,13H2,1-2H3/p+1/t16-,17-/m1/s1. The third kappa shape index (κ3) is 3.32. The second-order valence-corrected chi connectivity index (χ2v) is 6.80. The summed E-state index contributed by atoms with van der Waals surface area (Å²) < 4.78 is 13.1. The fourth-order valence-electron chi connectivity index (χ4n) is 3.81. The van der Waals surface area contributed by atoms with Crippen molar-refractivity contribution in [3.05, 3.63) is 47.4 Å². The molecule has 2 aliphatic heterocycles. The van der Waals surface area contributed by atoms with Crippen LogP contribution in [-0.2, 0) is 0 Å². The normalized spacial score (nSPS) is 26.0. The van der Waals surface area contributed by atoms with E-state index < -0.39 is 0 Å². The Morgan fingerprint density at radius 3 is 2.70 bits per heavy atom. The highest BCUT2D eigenvalue weighted by Crippen LogP contribution is 2.26. The Kier molecular flexibility index (Phi) is 4.81. The van der Waals surface area contributed by atoms with Crippen molar-refractivity contribution in [3.63, 3.8) is 0 Å². The van der Waals surface area contributed by atoms with Gasteiger partial charge in [0, 0.05) is 37.1 Å². The second kappa shape index (κ2) is 6.83. The number of nitrogens with one attached hydrogen (secondary N) is 1. The summed E-state index contributed by atoms with van der Waals surface area (Å²) in [5.41, 5.74) is 1.74. The lowest BCUT2D eigenvalue weighted by Crippen LogP contribution is -3.14. The molecule has 23 heavy (non-hydrogen) atoms. The van der Waals surface area contributed by atoms with Crippen molar-refractivity contribution in [2.24, 2.45) is 0 Å². The molecule has 1 aromatic carbocycles. The van der Waals surface area contributed by atoms with Gasteiger partial charge in [0.15, 0.2) is 0 Å². The van der Waals surface area contributed by atoms with Crippen molar-refractivity contribution in [2.45, 2.75) is 51.1 Å². The molecule has 2 bridgehead atoms. The molecule has 124 valence electrons. The smallest absolute Gasteiger partial charge is 0.258 e. The monoisotopic (exact) mass is 317 g/mol. The fraction of sp³-hybridized carbons (Fsp3) is 0.526. The van der Waals surface area contributed by atoms with Crippen molar-refractivity contribution in [1.82, 2.24) is 4.90 Å². The third-order valence-electron chi connectivity index (χ3n) is 5.32. The van der Waals surface area contributed by atoms with E-state index in [-0.39, 0.29) is 11.7 Å². The van der Waals surface area contributed by atoms with Gasteiger partial charge in [-0.3, -0.25) is 4.79 Å². The van der Waals surface area contributed by atoms with Gasteiger partial charge in [0.2, 0.25) is 0 Å². The molecule has 1 amide bonds. The summed E-state index contributed by atoms with van der Waals surface area (Å²) in [5.74, 6) is -0.300. The molecule has 3 rings (SSSR count). The minimum absolute atomic E-state index is 0.00338.